The van der Waals surface area contributed by atoms with Crippen LogP contribution in [0.15, 0.2) is 24.3 Å². The van der Waals surface area contributed by atoms with Crippen molar-refractivity contribution in [2.24, 2.45) is 16.7 Å². The van der Waals surface area contributed by atoms with Crippen LogP contribution in [-0.2, 0) is 9.59 Å². The SMILES string of the molecule is COc1ccc(C(=O)NN2C(=O)[C@@H]3CC[C@](C)(C2=O)C3(C)C)cc1. The van der Waals surface area contributed by atoms with Gasteiger partial charge in [-0.1, -0.05) is 20.8 Å². The van der Waals surface area contributed by atoms with Crippen LogP contribution < -0.4 is 10.2 Å². The summed E-state index contributed by atoms with van der Waals surface area (Å²) in [6.45, 7) is 5.81. The fourth-order valence-corrected chi connectivity index (χ4v) is 3.83. The van der Waals surface area contributed by atoms with E-state index in [2.05, 4.69) is 5.43 Å². The van der Waals surface area contributed by atoms with E-state index in [-0.39, 0.29) is 17.7 Å². The summed E-state index contributed by atoms with van der Waals surface area (Å²) in [5, 5.41) is 0.926. The van der Waals surface area contributed by atoms with Gasteiger partial charge in [0.2, 0.25) is 0 Å². The summed E-state index contributed by atoms with van der Waals surface area (Å²) in [5.74, 6) is -0.752. The van der Waals surface area contributed by atoms with Gasteiger partial charge in [-0.2, -0.15) is 5.01 Å². The molecule has 1 N–H and O–H groups in total. The van der Waals surface area contributed by atoms with E-state index in [1.165, 1.54) is 0 Å². The quantitative estimate of drug-likeness (QED) is 0.862. The number of nitrogens with one attached hydrogen (secondary N) is 1. The summed E-state index contributed by atoms with van der Waals surface area (Å²) in [4.78, 5) is 38.0. The lowest BCUT2D eigenvalue weighted by atomic mass is 9.63. The molecule has 6 heteroatoms. The molecule has 0 radical (unpaired) electrons. The van der Waals surface area contributed by atoms with Crippen molar-refractivity contribution in [2.45, 2.75) is 33.6 Å². The number of rotatable bonds is 3. The number of imide groups is 1. The number of hydrazine groups is 1. The zero-order valence-corrected chi connectivity index (χ0v) is 14.4. The second-order valence-electron chi connectivity index (χ2n) is 7.29. The number of hydrogen-bond acceptors (Lipinski definition) is 4. The molecule has 1 aromatic rings. The van der Waals surface area contributed by atoms with E-state index in [0.29, 0.717) is 24.2 Å². The highest BCUT2D eigenvalue weighted by molar-refractivity contribution is 6.06. The molecular formula is C18H22N2O4. The molecule has 2 bridgehead atoms. The van der Waals surface area contributed by atoms with Crippen molar-refractivity contribution < 1.29 is 19.1 Å². The summed E-state index contributed by atoms with van der Waals surface area (Å²) >= 11 is 0. The number of carbonyl (C=O) groups excluding carboxylic acids is 3. The summed E-state index contributed by atoms with van der Waals surface area (Å²) in [6, 6.07) is 6.49. The third-order valence-electron chi connectivity index (χ3n) is 5.99. The maximum atomic E-state index is 12.9. The number of piperidine rings is 1. The van der Waals surface area contributed by atoms with Gasteiger partial charge in [-0.15, -0.1) is 0 Å². The van der Waals surface area contributed by atoms with Gasteiger partial charge in [-0.25, -0.2) is 0 Å². The van der Waals surface area contributed by atoms with E-state index in [1.54, 1.807) is 31.4 Å². The van der Waals surface area contributed by atoms with E-state index in [4.69, 9.17) is 4.74 Å². The third kappa shape index (κ3) is 2.12. The van der Waals surface area contributed by atoms with Gasteiger partial charge in [-0.05, 0) is 42.5 Å². The molecular weight excluding hydrogens is 308 g/mol. The van der Waals surface area contributed by atoms with Crippen LogP contribution in [0, 0.1) is 16.7 Å². The van der Waals surface area contributed by atoms with Crippen molar-refractivity contribution in [3.05, 3.63) is 29.8 Å². The Kier molecular flexibility index (Phi) is 3.66. The largest absolute Gasteiger partial charge is 0.497 e. The minimum absolute atomic E-state index is 0.253. The van der Waals surface area contributed by atoms with Crippen LogP contribution in [0.4, 0.5) is 0 Å². The van der Waals surface area contributed by atoms with Gasteiger partial charge < -0.3 is 4.74 Å². The number of benzene rings is 1. The zero-order valence-electron chi connectivity index (χ0n) is 14.4. The summed E-state index contributed by atoms with van der Waals surface area (Å²) < 4.78 is 5.06. The molecule has 2 fully saturated rings. The molecule has 1 aliphatic heterocycles. The van der Waals surface area contributed by atoms with Gasteiger partial charge in [0, 0.05) is 11.5 Å². The molecule has 1 saturated heterocycles. The Morgan fingerprint density at radius 3 is 2.42 bits per heavy atom. The first-order valence-electron chi connectivity index (χ1n) is 8.06. The molecule has 0 aromatic heterocycles. The van der Waals surface area contributed by atoms with Crippen LogP contribution >= 0.6 is 0 Å². The number of hydrogen-bond donors (Lipinski definition) is 1. The predicted molar refractivity (Wildman–Crippen MR) is 86.9 cm³/mol. The van der Waals surface area contributed by atoms with E-state index in [0.717, 1.165) is 5.01 Å². The monoisotopic (exact) mass is 330 g/mol. The zero-order chi connectivity index (χ0) is 17.7. The first-order chi connectivity index (χ1) is 11.2. The summed E-state index contributed by atoms with van der Waals surface area (Å²) in [6.07, 6.45) is 1.33. The Morgan fingerprint density at radius 1 is 1.21 bits per heavy atom. The van der Waals surface area contributed by atoms with Crippen molar-refractivity contribution >= 4 is 17.7 Å². The number of nitrogens with zero attached hydrogens (tertiary/aromatic N) is 1. The molecule has 1 aromatic carbocycles. The topological polar surface area (TPSA) is 75.7 Å². The predicted octanol–water partition coefficient (Wildman–Crippen LogP) is 2.15. The smallest absolute Gasteiger partial charge is 0.270 e. The number of carbonyl (C=O) groups is 3. The second-order valence-corrected chi connectivity index (χ2v) is 7.29. The van der Waals surface area contributed by atoms with Crippen molar-refractivity contribution in [2.75, 3.05) is 7.11 Å². The van der Waals surface area contributed by atoms with Gasteiger partial charge in [0.15, 0.2) is 0 Å². The third-order valence-corrected chi connectivity index (χ3v) is 5.99. The molecule has 128 valence electrons. The van der Waals surface area contributed by atoms with Gasteiger partial charge in [0.25, 0.3) is 17.7 Å². The second kappa shape index (κ2) is 5.33. The van der Waals surface area contributed by atoms with Crippen LogP contribution in [-0.4, -0.2) is 29.8 Å². The Labute approximate surface area is 141 Å². The molecule has 0 spiro atoms. The number of fused-ring (bicyclic) bond motifs is 2. The first kappa shape index (κ1) is 16.5. The number of methoxy groups -OCH3 is 1. The van der Waals surface area contributed by atoms with Crippen LogP contribution in [0.1, 0.15) is 44.0 Å². The molecule has 3 amide bonds. The van der Waals surface area contributed by atoms with E-state index in [9.17, 15) is 14.4 Å². The summed E-state index contributed by atoms with van der Waals surface area (Å²) in [5.41, 5.74) is 1.81. The maximum Gasteiger partial charge on any atom is 0.270 e. The van der Waals surface area contributed by atoms with Crippen LogP contribution in [0.5, 0.6) is 5.75 Å². The van der Waals surface area contributed by atoms with Crippen LogP contribution in [0.3, 0.4) is 0 Å². The molecule has 0 unspecified atom stereocenters. The minimum atomic E-state index is -0.640. The highest BCUT2D eigenvalue weighted by atomic mass is 16.5. The standard InChI is InChI=1S/C18H22N2O4/c1-17(2)13-9-10-18(17,3)16(23)20(15(13)22)19-14(21)11-5-7-12(24-4)8-6-11/h5-8,13H,9-10H2,1-4H3,(H,19,21)/t13-,18+/m0/s1. The Hall–Kier alpha value is -2.37. The fraction of sp³-hybridized carbons (Fsp3) is 0.500. The lowest BCUT2D eigenvalue weighted by Crippen LogP contribution is -2.63. The van der Waals surface area contributed by atoms with Gasteiger partial charge >= 0.3 is 0 Å². The molecule has 24 heavy (non-hydrogen) atoms. The van der Waals surface area contributed by atoms with E-state index >= 15 is 0 Å². The minimum Gasteiger partial charge on any atom is -0.497 e. The maximum absolute atomic E-state index is 12.9. The molecule has 1 heterocycles. The Bertz CT molecular complexity index is 710. The van der Waals surface area contributed by atoms with E-state index in [1.807, 2.05) is 20.8 Å². The lowest BCUT2D eigenvalue weighted by Gasteiger charge is -2.47. The molecule has 6 nitrogen and oxygen atoms in total. The summed E-state index contributed by atoms with van der Waals surface area (Å²) in [7, 11) is 1.54. The highest BCUT2D eigenvalue weighted by Crippen LogP contribution is 2.59. The van der Waals surface area contributed by atoms with Crippen LogP contribution in [0.25, 0.3) is 0 Å². The highest BCUT2D eigenvalue weighted by Gasteiger charge is 2.64. The fourth-order valence-electron chi connectivity index (χ4n) is 3.83. The first-order valence-corrected chi connectivity index (χ1v) is 8.06. The van der Waals surface area contributed by atoms with E-state index < -0.39 is 16.7 Å². The molecule has 2 atom stereocenters. The Balaban J connectivity index is 1.84. The van der Waals surface area contributed by atoms with Gasteiger partial charge in [0.05, 0.1) is 12.5 Å². The van der Waals surface area contributed by atoms with Crippen molar-refractivity contribution in [3.63, 3.8) is 0 Å². The van der Waals surface area contributed by atoms with Crippen molar-refractivity contribution in [1.82, 2.24) is 10.4 Å². The lowest BCUT2D eigenvalue weighted by molar-refractivity contribution is -0.171. The molecule has 1 aliphatic carbocycles. The van der Waals surface area contributed by atoms with Crippen LogP contribution in [0.2, 0.25) is 0 Å². The average Bonchev–Trinajstić information content (AvgIpc) is 2.76. The molecule has 1 saturated carbocycles. The van der Waals surface area contributed by atoms with Crippen molar-refractivity contribution in [1.29, 1.82) is 0 Å². The normalized spacial score (nSPS) is 28.0. The van der Waals surface area contributed by atoms with Crippen molar-refractivity contribution in [3.8, 4) is 5.75 Å². The molecule has 2 aliphatic rings. The average molecular weight is 330 g/mol. The number of amides is 3. The number of ether oxygens (including phenoxy) is 1. The van der Waals surface area contributed by atoms with Gasteiger partial charge in [0.1, 0.15) is 5.75 Å². The van der Waals surface area contributed by atoms with Gasteiger partial charge in [-0.3, -0.25) is 19.8 Å². The Morgan fingerprint density at radius 2 is 1.83 bits per heavy atom. The molecule has 3 rings (SSSR count).